The van der Waals surface area contributed by atoms with Crippen molar-refractivity contribution in [3.63, 3.8) is 0 Å². The van der Waals surface area contributed by atoms with Gasteiger partial charge in [-0.05, 0) is 61.4 Å². The quantitative estimate of drug-likeness (QED) is 0.545. The van der Waals surface area contributed by atoms with Crippen LogP contribution in [0.3, 0.4) is 0 Å². The summed E-state index contributed by atoms with van der Waals surface area (Å²) in [6, 6.07) is 12.5. The van der Waals surface area contributed by atoms with Crippen molar-refractivity contribution in [2.75, 3.05) is 43.8 Å². The van der Waals surface area contributed by atoms with Crippen LogP contribution in [0.2, 0.25) is 0 Å². The summed E-state index contributed by atoms with van der Waals surface area (Å²) in [5.74, 6) is 0.196. The van der Waals surface area contributed by atoms with Gasteiger partial charge in [0.25, 0.3) is 5.91 Å². The SMILES string of the molecule is CN(c1ccc(C(=O)NCCOc2ccc(S(=O)(=O)N3CCCC3)cc2)cc1)S(C)(=O)=O. The normalized spacial score (nSPS) is 14.8. The van der Waals surface area contributed by atoms with E-state index in [-0.39, 0.29) is 24.0 Å². The minimum absolute atomic E-state index is 0.207. The number of benzene rings is 2. The molecule has 1 saturated heterocycles. The van der Waals surface area contributed by atoms with Crippen LogP contribution in [0, 0.1) is 0 Å². The van der Waals surface area contributed by atoms with Gasteiger partial charge in [-0.2, -0.15) is 4.31 Å². The molecule has 3 rings (SSSR count). The Morgan fingerprint density at radius 2 is 1.59 bits per heavy atom. The van der Waals surface area contributed by atoms with E-state index in [1.807, 2.05) is 0 Å². The average Bonchev–Trinajstić information content (AvgIpc) is 3.32. The second-order valence-electron chi connectivity index (χ2n) is 7.46. The van der Waals surface area contributed by atoms with Gasteiger partial charge in [-0.15, -0.1) is 0 Å². The first kappa shape index (κ1) is 24.0. The molecule has 1 aliphatic rings. The maximum Gasteiger partial charge on any atom is 0.251 e. The maximum absolute atomic E-state index is 12.5. The van der Waals surface area contributed by atoms with E-state index in [0.29, 0.717) is 30.1 Å². The lowest BCUT2D eigenvalue weighted by Gasteiger charge is -2.16. The van der Waals surface area contributed by atoms with Crippen LogP contribution in [0.5, 0.6) is 5.75 Å². The molecular weight excluding hydrogens is 454 g/mol. The molecule has 2 aromatic rings. The molecule has 1 heterocycles. The van der Waals surface area contributed by atoms with Crippen LogP contribution in [-0.2, 0) is 20.0 Å². The van der Waals surface area contributed by atoms with Gasteiger partial charge in [-0.3, -0.25) is 9.10 Å². The van der Waals surface area contributed by atoms with Gasteiger partial charge >= 0.3 is 0 Å². The minimum atomic E-state index is -3.45. The summed E-state index contributed by atoms with van der Waals surface area (Å²) in [4.78, 5) is 12.5. The summed E-state index contributed by atoms with van der Waals surface area (Å²) in [5.41, 5.74) is 0.856. The smallest absolute Gasteiger partial charge is 0.251 e. The number of hydrogen-bond acceptors (Lipinski definition) is 6. The van der Waals surface area contributed by atoms with E-state index < -0.39 is 20.0 Å². The molecule has 0 unspecified atom stereocenters. The molecule has 1 fully saturated rings. The zero-order chi connectivity index (χ0) is 23.4. The lowest BCUT2D eigenvalue weighted by Crippen LogP contribution is -2.28. The lowest BCUT2D eigenvalue weighted by molar-refractivity contribution is 0.0947. The number of hydrogen-bond donors (Lipinski definition) is 1. The Balaban J connectivity index is 1.47. The molecule has 0 spiro atoms. The molecule has 1 N–H and O–H groups in total. The van der Waals surface area contributed by atoms with Gasteiger partial charge in [0.05, 0.1) is 23.4 Å². The number of nitrogens with zero attached hydrogens (tertiary/aromatic N) is 2. The molecule has 0 aliphatic carbocycles. The van der Waals surface area contributed by atoms with E-state index >= 15 is 0 Å². The van der Waals surface area contributed by atoms with Crippen LogP contribution < -0.4 is 14.4 Å². The van der Waals surface area contributed by atoms with Gasteiger partial charge in [0, 0.05) is 25.7 Å². The van der Waals surface area contributed by atoms with Crippen LogP contribution in [-0.4, -0.2) is 66.6 Å². The van der Waals surface area contributed by atoms with Crippen molar-refractivity contribution in [3.05, 3.63) is 54.1 Å². The molecule has 9 nitrogen and oxygen atoms in total. The second-order valence-corrected chi connectivity index (χ2v) is 11.4. The number of amides is 1. The molecule has 1 amide bonds. The molecular formula is C21H27N3O6S2. The third-order valence-electron chi connectivity index (χ3n) is 5.17. The highest BCUT2D eigenvalue weighted by Gasteiger charge is 2.26. The van der Waals surface area contributed by atoms with E-state index in [1.165, 1.54) is 23.5 Å². The summed E-state index contributed by atoms with van der Waals surface area (Å²) in [6.45, 7) is 1.56. The molecule has 1 aliphatic heterocycles. The molecule has 0 bridgehead atoms. The summed E-state index contributed by atoms with van der Waals surface area (Å²) in [6.07, 6.45) is 2.87. The minimum Gasteiger partial charge on any atom is -0.492 e. The number of sulfonamides is 2. The van der Waals surface area contributed by atoms with Gasteiger partial charge in [0.15, 0.2) is 0 Å². The average molecular weight is 482 g/mol. The summed E-state index contributed by atoms with van der Waals surface area (Å²) >= 11 is 0. The molecule has 32 heavy (non-hydrogen) atoms. The largest absolute Gasteiger partial charge is 0.492 e. The molecule has 11 heteroatoms. The third-order valence-corrected chi connectivity index (χ3v) is 8.29. The van der Waals surface area contributed by atoms with Gasteiger partial charge in [-0.25, -0.2) is 16.8 Å². The standard InChI is InChI=1S/C21H27N3O6S2/c1-23(31(2,26)27)18-7-5-17(6-8-18)21(25)22-13-16-30-19-9-11-20(12-10-19)32(28,29)24-14-3-4-15-24/h5-12H,3-4,13-16H2,1-2H3,(H,22,25). The Morgan fingerprint density at radius 1 is 1.00 bits per heavy atom. The van der Waals surface area contributed by atoms with E-state index in [4.69, 9.17) is 4.74 Å². The highest BCUT2D eigenvalue weighted by atomic mass is 32.2. The van der Waals surface area contributed by atoms with E-state index in [2.05, 4.69) is 5.32 Å². The predicted molar refractivity (Wildman–Crippen MR) is 122 cm³/mol. The Labute approximate surface area is 189 Å². The number of rotatable bonds is 9. The highest BCUT2D eigenvalue weighted by Crippen LogP contribution is 2.23. The van der Waals surface area contributed by atoms with Gasteiger partial charge < -0.3 is 10.1 Å². The summed E-state index contributed by atoms with van der Waals surface area (Å²) in [5, 5.41) is 2.72. The molecule has 0 radical (unpaired) electrons. The van der Waals surface area contributed by atoms with Crippen molar-refractivity contribution in [1.82, 2.24) is 9.62 Å². The second kappa shape index (κ2) is 9.88. The Bertz CT molecular complexity index is 1140. The molecule has 2 aromatic carbocycles. The van der Waals surface area contributed by atoms with Gasteiger partial charge in [0.2, 0.25) is 20.0 Å². The van der Waals surface area contributed by atoms with E-state index in [0.717, 1.165) is 23.4 Å². The van der Waals surface area contributed by atoms with Crippen molar-refractivity contribution in [1.29, 1.82) is 0 Å². The lowest BCUT2D eigenvalue weighted by atomic mass is 10.2. The van der Waals surface area contributed by atoms with Crippen LogP contribution in [0.4, 0.5) is 5.69 Å². The van der Waals surface area contributed by atoms with Crippen molar-refractivity contribution < 1.29 is 26.4 Å². The number of carbonyl (C=O) groups is 1. The maximum atomic E-state index is 12.5. The molecule has 0 aromatic heterocycles. The van der Waals surface area contributed by atoms with Crippen molar-refractivity contribution >= 4 is 31.6 Å². The molecule has 0 atom stereocenters. The number of ether oxygens (including phenoxy) is 1. The van der Waals surface area contributed by atoms with Crippen LogP contribution >= 0.6 is 0 Å². The topological polar surface area (TPSA) is 113 Å². The third kappa shape index (κ3) is 5.78. The fourth-order valence-corrected chi connectivity index (χ4v) is 5.26. The van der Waals surface area contributed by atoms with Crippen LogP contribution in [0.15, 0.2) is 53.4 Å². The molecule has 174 valence electrons. The Hall–Kier alpha value is -2.63. The fraction of sp³-hybridized carbons (Fsp3) is 0.381. The monoisotopic (exact) mass is 481 g/mol. The van der Waals surface area contributed by atoms with Crippen LogP contribution in [0.25, 0.3) is 0 Å². The zero-order valence-electron chi connectivity index (χ0n) is 18.0. The highest BCUT2D eigenvalue weighted by molar-refractivity contribution is 7.92. The van der Waals surface area contributed by atoms with Gasteiger partial charge in [-0.1, -0.05) is 0 Å². The summed E-state index contributed by atoms with van der Waals surface area (Å²) < 4.78 is 56.4. The first-order chi connectivity index (χ1) is 15.1. The fourth-order valence-electron chi connectivity index (χ4n) is 3.24. The van der Waals surface area contributed by atoms with Gasteiger partial charge in [0.1, 0.15) is 12.4 Å². The predicted octanol–water partition coefficient (Wildman–Crippen LogP) is 1.68. The van der Waals surface area contributed by atoms with Crippen LogP contribution in [0.1, 0.15) is 23.2 Å². The number of carbonyl (C=O) groups excluding carboxylic acids is 1. The van der Waals surface area contributed by atoms with Crippen molar-refractivity contribution in [2.45, 2.75) is 17.7 Å². The molecule has 0 saturated carbocycles. The zero-order valence-corrected chi connectivity index (χ0v) is 19.7. The summed E-state index contributed by atoms with van der Waals surface area (Å²) in [7, 11) is -5.38. The van der Waals surface area contributed by atoms with E-state index in [9.17, 15) is 21.6 Å². The Morgan fingerprint density at radius 3 is 2.16 bits per heavy atom. The van der Waals surface area contributed by atoms with Crippen molar-refractivity contribution in [3.8, 4) is 5.75 Å². The Kier molecular flexibility index (Phi) is 7.42. The van der Waals surface area contributed by atoms with Crippen molar-refractivity contribution in [2.24, 2.45) is 0 Å². The number of anilines is 1. The first-order valence-electron chi connectivity index (χ1n) is 10.1. The van der Waals surface area contributed by atoms with E-state index in [1.54, 1.807) is 36.4 Å². The number of nitrogens with one attached hydrogen (secondary N) is 1. The first-order valence-corrected chi connectivity index (χ1v) is 13.4.